The van der Waals surface area contributed by atoms with Crippen LogP contribution in [0.15, 0.2) is 42.5 Å². The third-order valence-corrected chi connectivity index (χ3v) is 4.62. The van der Waals surface area contributed by atoms with E-state index in [1.807, 2.05) is 18.2 Å². The molecule has 0 radical (unpaired) electrons. The number of carboxylic acid groups (broad SMARTS) is 1. The van der Waals surface area contributed by atoms with Gasteiger partial charge in [-0.1, -0.05) is 35.9 Å². The Balaban J connectivity index is 1.84. The lowest BCUT2D eigenvalue weighted by Crippen LogP contribution is -2.36. The molecule has 1 aliphatic heterocycles. The fraction of sp³-hybridized carbons (Fsp3) is 0.263. The largest absolute Gasteiger partial charge is 0.493 e. The highest BCUT2D eigenvalue weighted by Gasteiger charge is 2.30. The van der Waals surface area contributed by atoms with Gasteiger partial charge in [0.1, 0.15) is 11.6 Å². The molecule has 2 N–H and O–H groups in total. The van der Waals surface area contributed by atoms with Crippen molar-refractivity contribution in [1.82, 2.24) is 5.32 Å². The molecule has 5 nitrogen and oxygen atoms in total. The van der Waals surface area contributed by atoms with Crippen LogP contribution < -0.4 is 10.1 Å². The predicted molar refractivity (Wildman–Crippen MR) is 93.8 cm³/mol. The molecule has 2 aromatic carbocycles. The second-order valence-corrected chi connectivity index (χ2v) is 6.47. The monoisotopic (exact) mass is 377 g/mol. The zero-order chi connectivity index (χ0) is 18.7. The second kappa shape index (κ2) is 7.74. The summed E-state index contributed by atoms with van der Waals surface area (Å²) in [6.07, 6.45) is 0.120. The van der Waals surface area contributed by atoms with Crippen LogP contribution in [0.4, 0.5) is 4.39 Å². The van der Waals surface area contributed by atoms with Crippen LogP contribution in [0.3, 0.4) is 0 Å². The quantitative estimate of drug-likeness (QED) is 0.833. The van der Waals surface area contributed by atoms with Crippen molar-refractivity contribution in [2.45, 2.75) is 24.8 Å². The minimum atomic E-state index is -1.10. The predicted octanol–water partition coefficient (Wildman–Crippen LogP) is 3.68. The molecule has 2 atom stereocenters. The Kier molecular flexibility index (Phi) is 5.42. The summed E-state index contributed by atoms with van der Waals surface area (Å²) in [6, 6.07) is 10.4. The summed E-state index contributed by atoms with van der Waals surface area (Å²) in [7, 11) is 0. The molecule has 0 saturated carbocycles. The number of hydrogen-bond acceptors (Lipinski definition) is 3. The van der Waals surface area contributed by atoms with Gasteiger partial charge in [-0.05, 0) is 30.2 Å². The van der Waals surface area contributed by atoms with Crippen LogP contribution >= 0.6 is 11.6 Å². The van der Waals surface area contributed by atoms with Gasteiger partial charge in [-0.2, -0.15) is 0 Å². The molecule has 136 valence electrons. The topological polar surface area (TPSA) is 75.6 Å². The maximum Gasteiger partial charge on any atom is 0.305 e. The Hall–Kier alpha value is -2.60. The van der Waals surface area contributed by atoms with Crippen LogP contribution in [-0.4, -0.2) is 23.6 Å². The first kappa shape index (κ1) is 18.2. The van der Waals surface area contributed by atoms with Gasteiger partial charge in [0, 0.05) is 5.56 Å². The molecule has 0 fully saturated rings. The van der Waals surface area contributed by atoms with Gasteiger partial charge in [-0.15, -0.1) is 0 Å². The SMILES string of the molecule is O=C(O)CC(NC(=O)C1CCOc2ccccc21)c1ccc(Cl)c(F)c1. The molecule has 7 heteroatoms. The molecule has 0 saturated heterocycles. The summed E-state index contributed by atoms with van der Waals surface area (Å²) in [5, 5.41) is 11.8. The number of carboxylic acids is 1. The number of benzene rings is 2. The van der Waals surface area contributed by atoms with E-state index in [0.29, 0.717) is 24.3 Å². The number of carbonyl (C=O) groups is 2. The maximum absolute atomic E-state index is 13.8. The Morgan fingerprint density at radius 2 is 2.08 bits per heavy atom. The molecule has 26 heavy (non-hydrogen) atoms. The first-order chi connectivity index (χ1) is 12.5. The maximum atomic E-state index is 13.8. The van der Waals surface area contributed by atoms with Crippen LogP contribution in [0.1, 0.15) is 35.9 Å². The highest BCUT2D eigenvalue weighted by atomic mass is 35.5. The van der Waals surface area contributed by atoms with Gasteiger partial charge in [-0.25, -0.2) is 4.39 Å². The summed E-state index contributed by atoms with van der Waals surface area (Å²) >= 11 is 5.68. The lowest BCUT2D eigenvalue weighted by molar-refractivity contribution is -0.137. The molecule has 0 aliphatic carbocycles. The van der Waals surface area contributed by atoms with E-state index in [1.165, 1.54) is 12.1 Å². The Morgan fingerprint density at radius 3 is 2.81 bits per heavy atom. The number of ether oxygens (including phenoxy) is 1. The number of halogens is 2. The number of nitrogens with one attached hydrogen (secondary N) is 1. The third kappa shape index (κ3) is 3.96. The van der Waals surface area contributed by atoms with Gasteiger partial charge in [-0.3, -0.25) is 9.59 Å². The normalized spacial score (nSPS) is 16.9. The molecule has 1 amide bonds. The molecule has 3 rings (SSSR count). The number of rotatable bonds is 5. The van der Waals surface area contributed by atoms with Crippen LogP contribution in [-0.2, 0) is 9.59 Å². The van der Waals surface area contributed by atoms with Gasteiger partial charge < -0.3 is 15.2 Å². The fourth-order valence-electron chi connectivity index (χ4n) is 3.04. The molecule has 0 spiro atoms. The van der Waals surface area contributed by atoms with Crippen molar-refractivity contribution in [3.8, 4) is 5.75 Å². The first-order valence-corrected chi connectivity index (χ1v) is 8.52. The number of fused-ring (bicyclic) bond motifs is 1. The summed E-state index contributed by atoms with van der Waals surface area (Å²) in [5.74, 6) is -1.88. The standard InChI is InChI=1S/C19H17ClFNO4/c20-14-6-5-11(9-15(14)21)16(10-18(23)24)22-19(25)13-7-8-26-17-4-2-1-3-12(13)17/h1-6,9,13,16H,7-8,10H2,(H,22,25)(H,23,24). The molecular weight excluding hydrogens is 361 g/mol. The van der Waals surface area contributed by atoms with E-state index in [9.17, 15) is 14.0 Å². The smallest absolute Gasteiger partial charge is 0.305 e. The van der Waals surface area contributed by atoms with Gasteiger partial charge in [0.05, 0.1) is 30.0 Å². The van der Waals surface area contributed by atoms with Crippen LogP contribution in [0, 0.1) is 5.82 Å². The highest BCUT2D eigenvalue weighted by Crippen LogP contribution is 2.34. The highest BCUT2D eigenvalue weighted by molar-refractivity contribution is 6.30. The van der Waals surface area contributed by atoms with Gasteiger partial charge in [0.15, 0.2) is 0 Å². The molecule has 2 aromatic rings. The minimum Gasteiger partial charge on any atom is -0.493 e. The van der Waals surface area contributed by atoms with Crippen molar-refractivity contribution < 1.29 is 23.8 Å². The Morgan fingerprint density at radius 1 is 1.31 bits per heavy atom. The number of hydrogen-bond donors (Lipinski definition) is 2. The minimum absolute atomic E-state index is 0.0625. The fourth-order valence-corrected chi connectivity index (χ4v) is 3.16. The number of carbonyl (C=O) groups excluding carboxylic acids is 1. The first-order valence-electron chi connectivity index (χ1n) is 8.14. The summed E-state index contributed by atoms with van der Waals surface area (Å²) in [4.78, 5) is 24.0. The summed E-state index contributed by atoms with van der Waals surface area (Å²) in [5.41, 5.74) is 1.11. The zero-order valence-electron chi connectivity index (χ0n) is 13.7. The molecule has 1 aliphatic rings. The molecule has 0 bridgehead atoms. The van der Waals surface area contributed by atoms with E-state index < -0.39 is 23.7 Å². The van der Waals surface area contributed by atoms with E-state index in [-0.39, 0.29) is 17.4 Å². The zero-order valence-corrected chi connectivity index (χ0v) is 14.5. The van der Waals surface area contributed by atoms with Crippen molar-refractivity contribution in [3.63, 3.8) is 0 Å². The van der Waals surface area contributed by atoms with Crippen LogP contribution in [0.5, 0.6) is 5.75 Å². The van der Waals surface area contributed by atoms with E-state index in [4.69, 9.17) is 21.4 Å². The Labute approximate surface area is 154 Å². The molecule has 1 heterocycles. The molecule has 2 unspecified atom stereocenters. The number of amides is 1. The van der Waals surface area contributed by atoms with E-state index in [1.54, 1.807) is 6.07 Å². The second-order valence-electron chi connectivity index (χ2n) is 6.06. The van der Waals surface area contributed by atoms with Gasteiger partial charge >= 0.3 is 5.97 Å². The number of para-hydroxylation sites is 1. The summed E-state index contributed by atoms with van der Waals surface area (Å²) < 4.78 is 19.3. The van der Waals surface area contributed by atoms with Gasteiger partial charge in [0.25, 0.3) is 0 Å². The third-order valence-electron chi connectivity index (χ3n) is 4.32. The van der Waals surface area contributed by atoms with Crippen molar-refractivity contribution in [3.05, 3.63) is 64.4 Å². The van der Waals surface area contributed by atoms with Crippen LogP contribution in [0.25, 0.3) is 0 Å². The van der Waals surface area contributed by atoms with Crippen molar-refractivity contribution >= 4 is 23.5 Å². The van der Waals surface area contributed by atoms with Gasteiger partial charge in [0.2, 0.25) is 5.91 Å². The molecular formula is C19H17ClFNO4. The summed E-state index contributed by atoms with van der Waals surface area (Å²) in [6.45, 7) is 0.397. The van der Waals surface area contributed by atoms with Crippen molar-refractivity contribution in [1.29, 1.82) is 0 Å². The number of aliphatic carboxylic acids is 1. The lowest BCUT2D eigenvalue weighted by atomic mass is 9.91. The average molecular weight is 378 g/mol. The van der Waals surface area contributed by atoms with E-state index in [0.717, 1.165) is 11.6 Å². The Bertz CT molecular complexity index is 842. The average Bonchev–Trinajstić information content (AvgIpc) is 2.62. The van der Waals surface area contributed by atoms with E-state index >= 15 is 0 Å². The lowest BCUT2D eigenvalue weighted by Gasteiger charge is -2.27. The van der Waals surface area contributed by atoms with E-state index in [2.05, 4.69) is 5.32 Å². The van der Waals surface area contributed by atoms with Crippen LogP contribution in [0.2, 0.25) is 5.02 Å². The van der Waals surface area contributed by atoms with Crippen molar-refractivity contribution in [2.24, 2.45) is 0 Å². The molecule has 0 aromatic heterocycles. The van der Waals surface area contributed by atoms with Crippen molar-refractivity contribution in [2.75, 3.05) is 6.61 Å².